The summed E-state index contributed by atoms with van der Waals surface area (Å²) >= 11 is 6.47. The molecule has 7 rings (SSSR count). The van der Waals surface area contributed by atoms with Crippen LogP contribution in [-0.2, 0) is 26.7 Å². The maximum absolute atomic E-state index is 13.6. The van der Waals surface area contributed by atoms with Gasteiger partial charge in [-0.15, -0.1) is 5.92 Å². The van der Waals surface area contributed by atoms with Gasteiger partial charge in [0.15, 0.2) is 0 Å². The molecule has 6 atom stereocenters. The summed E-state index contributed by atoms with van der Waals surface area (Å²) in [5, 5.41) is 12.8. The first-order valence-electron chi connectivity index (χ1n) is 18.8. The number of piperazine rings is 1. The minimum absolute atomic E-state index is 0.0432. The molecule has 0 unspecified atom stereocenters. The normalized spacial score (nSPS) is 32.2. The Labute approximate surface area is 313 Å². The Balaban J connectivity index is 1.28. The van der Waals surface area contributed by atoms with E-state index in [-0.39, 0.29) is 41.2 Å². The molecule has 12 heteroatoms. The lowest BCUT2D eigenvalue weighted by Gasteiger charge is -2.55. The second-order valence-corrected chi connectivity index (χ2v) is 18.3. The average molecular weight is 751 g/mol. The van der Waals surface area contributed by atoms with Crippen LogP contribution in [0.4, 0.5) is 5.69 Å². The van der Waals surface area contributed by atoms with Crippen LogP contribution in [0.15, 0.2) is 36.4 Å². The van der Waals surface area contributed by atoms with Crippen LogP contribution in [-0.4, -0.2) is 92.0 Å². The smallest absolute Gasteiger partial charge is 0.264 e. The summed E-state index contributed by atoms with van der Waals surface area (Å²) in [7, 11) is -4.00. The van der Waals surface area contributed by atoms with E-state index in [1.807, 2.05) is 17.9 Å². The molecule has 2 aromatic carbocycles. The monoisotopic (exact) mass is 750 g/mol. The number of nitrogens with zero attached hydrogens (tertiary/aromatic N) is 3. The van der Waals surface area contributed by atoms with Crippen molar-refractivity contribution in [3.63, 3.8) is 0 Å². The van der Waals surface area contributed by atoms with E-state index in [1.54, 1.807) is 36.9 Å². The standard InChI is InChI=1S/C40H51ClN4O6S/c1-4-5-18-43-19-20-45(24-37(43)46)40(48)17-6-8-27(2)28(3)52(49,50)42-38(47)30-11-15-36-35(22-30)44(23-31-10-13-34(31)40)25-39(26-51-36)16-7-9-29-21-32(41)12-14-33(29)39/h11-12,14-15,21-22,27-28,31,34,48H,6-10,13,16-20,23-26H2,1-3H3,(H,42,47)/t27-,28+,31-,34+,39-,40+/m0/s1. The summed E-state index contributed by atoms with van der Waals surface area (Å²) in [6.07, 6.45) is 6.13. The molecule has 2 N–H and O–H groups in total. The molecule has 10 nitrogen and oxygen atoms in total. The molecule has 3 aliphatic heterocycles. The van der Waals surface area contributed by atoms with Crippen LogP contribution in [0.25, 0.3) is 0 Å². The number of fused-ring (bicyclic) bond motifs is 4. The molecule has 1 saturated carbocycles. The number of amides is 2. The number of aliphatic hydroxyl groups is 1. The summed E-state index contributed by atoms with van der Waals surface area (Å²) < 4.78 is 36.1. The van der Waals surface area contributed by atoms with Gasteiger partial charge in [-0.2, -0.15) is 0 Å². The number of ether oxygens (including phenoxy) is 1. The van der Waals surface area contributed by atoms with Gasteiger partial charge in [0.1, 0.15) is 11.5 Å². The van der Waals surface area contributed by atoms with Crippen molar-refractivity contribution in [1.29, 1.82) is 0 Å². The zero-order valence-electron chi connectivity index (χ0n) is 30.5. The molecule has 1 saturated heterocycles. The fraction of sp³-hybridized carbons (Fsp3) is 0.600. The zero-order chi connectivity index (χ0) is 36.8. The van der Waals surface area contributed by atoms with Crippen molar-refractivity contribution < 1.29 is 27.9 Å². The summed E-state index contributed by atoms with van der Waals surface area (Å²) in [4.78, 5) is 33.0. The van der Waals surface area contributed by atoms with Crippen molar-refractivity contribution in [3.05, 3.63) is 58.1 Å². The van der Waals surface area contributed by atoms with E-state index in [2.05, 4.69) is 33.6 Å². The van der Waals surface area contributed by atoms with Crippen LogP contribution in [0.2, 0.25) is 5.02 Å². The van der Waals surface area contributed by atoms with E-state index >= 15 is 0 Å². The lowest BCUT2D eigenvalue weighted by atomic mass is 9.65. The molecular formula is C40H51ClN4O6S. The van der Waals surface area contributed by atoms with E-state index in [9.17, 15) is 23.1 Å². The van der Waals surface area contributed by atoms with Crippen molar-refractivity contribution in [2.24, 2.45) is 17.8 Å². The van der Waals surface area contributed by atoms with Crippen LogP contribution in [0, 0.1) is 29.6 Å². The summed E-state index contributed by atoms with van der Waals surface area (Å²) in [6, 6.07) is 11.3. The Morgan fingerprint density at radius 3 is 2.63 bits per heavy atom. The third-order valence-electron chi connectivity index (χ3n) is 12.8. The van der Waals surface area contributed by atoms with Crippen LogP contribution < -0.4 is 14.4 Å². The second-order valence-electron chi connectivity index (χ2n) is 15.8. The minimum atomic E-state index is -4.00. The lowest BCUT2D eigenvalue weighted by molar-refractivity contribution is -0.203. The summed E-state index contributed by atoms with van der Waals surface area (Å²) in [5.41, 5.74) is 1.86. The van der Waals surface area contributed by atoms with Crippen LogP contribution in [0.1, 0.15) is 87.2 Å². The third kappa shape index (κ3) is 6.92. The SMILES string of the molecule is CC#CCN1CCN([C@@]2(O)CCC[C@H](C)[C@@H](C)S(=O)(=O)NC(=O)c3ccc4c(c3)N(C[C@@H]3CC[C@H]32)C[C@@]2(CCCc3cc(Cl)ccc32)CO4)CC1=O. The lowest BCUT2D eigenvalue weighted by Crippen LogP contribution is -2.65. The van der Waals surface area contributed by atoms with Crippen LogP contribution in [0.5, 0.6) is 5.75 Å². The fourth-order valence-corrected chi connectivity index (χ4v) is 10.9. The molecule has 3 heterocycles. The highest BCUT2D eigenvalue weighted by Gasteiger charge is 2.52. The van der Waals surface area contributed by atoms with Gasteiger partial charge in [-0.25, -0.2) is 13.1 Å². The number of rotatable bonds is 2. The molecule has 2 amide bonds. The molecule has 280 valence electrons. The Morgan fingerprint density at radius 1 is 1.06 bits per heavy atom. The molecule has 2 aromatic rings. The minimum Gasteiger partial charge on any atom is -0.490 e. The highest BCUT2D eigenvalue weighted by atomic mass is 35.5. The second kappa shape index (κ2) is 14.5. The maximum Gasteiger partial charge on any atom is 0.264 e. The number of sulfonamides is 1. The molecule has 2 bridgehead atoms. The number of nitrogens with one attached hydrogen (secondary N) is 1. The fourth-order valence-electron chi connectivity index (χ4n) is 9.40. The van der Waals surface area contributed by atoms with Crippen molar-refractivity contribution in [2.75, 3.05) is 50.8 Å². The van der Waals surface area contributed by atoms with E-state index in [4.69, 9.17) is 16.3 Å². The molecule has 0 radical (unpaired) electrons. The number of anilines is 1. The number of halogens is 1. The summed E-state index contributed by atoms with van der Waals surface area (Å²) in [6.45, 7) is 8.50. The quantitative estimate of drug-likeness (QED) is 0.414. The van der Waals surface area contributed by atoms with E-state index < -0.39 is 26.9 Å². The van der Waals surface area contributed by atoms with Gasteiger partial charge in [0, 0.05) is 48.1 Å². The Kier molecular flexibility index (Phi) is 10.3. The number of benzene rings is 2. The van der Waals surface area contributed by atoms with E-state index in [1.165, 1.54) is 11.1 Å². The first-order chi connectivity index (χ1) is 24.8. The molecule has 2 aliphatic carbocycles. The summed E-state index contributed by atoms with van der Waals surface area (Å²) in [5.74, 6) is 5.56. The van der Waals surface area contributed by atoms with E-state index in [0.717, 1.165) is 37.8 Å². The van der Waals surface area contributed by atoms with Gasteiger partial charge >= 0.3 is 0 Å². The maximum atomic E-state index is 13.6. The van der Waals surface area contributed by atoms with Crippen LogP contribution in [0.3, 0.4) is 0 Å². The predicted octanol–water partition coefficient (Wildman–Crippen LogP) is 4.96. The Hall–Kier alpha value is -3.30. The molecule has 52 heavy (non-hydrogen) atoms. The van der Waals surface area contributed by atoms with Gasteiger partial charge < -0.3 is 19.6 Å². The Morgan fingerprint density at radius 2 is 1.88 bits per heavy atom. The molecular weight excluding hydrogens is 700 g/mol. The first kappa shape index (κ1) is 37.0. The third-order valence-corrected chi connectivity index (χ3v) is 15.0. The molecule has 1 spiro atoms. The number of carbonyl (C=O) groups excluding carboxylic acids is 2. The number of hydrogen-bond donors (Lipinski definition) is 2. The highest BCUT2D eigenvalue weighted by molar-refractivity contribution is 7.90. The van der Waals surface area contributed by atoms with Crippen LogP contribution >= 0.6 is 11.6 Å². The van der Waals surface area contributed by atoms with Gasteiger partial charge in [-0.1, -0.05) is 30.5 Å². The van der Waals surface area contributed by atoms with Gasteiger partial charge in [0.05, 0.1) is 30.6 Å². The Bertz CT molecular complexity index is 1900. The number of hydrogen-bond acceptors (Lipinski definition) is 8. The first-order valence-corrected chi connectivity index (χ1v) is 20.8. The molecule has 5 aliphatic rings. The van der Waals surface area contributed by atoms with Gasteiger partial charge in [-0.3, -0.25) is 14.5 Å². The van der Waals surface area contributed by atoms with Crippen molar-refractivity contribution in [1.82, 2.24) is 14.5 Å². The predicted molar refractivity (Wildman–Crippen MR) is 202 cm³/mol. The van der Waals surface area contributed by atoms with E-state index in [0.29, 0.717) is 69.4 Å². The molecule has 2 fully saturated rings. The van der Waals surface area contributed by atoms with Crippen molar-refractivity contribution >= 4 is 39.1 Å². The van der Waals surface area contributed by atoms with Gasteiger partial charge in [0.2, 0.25) is 15.9 Å². The van der Waals surface area contributed by atoms with Crippen molar-refractivity contribution in [2.45, 2.75) is 88.5 Å². The highest BCUT2D eigenvalue weighted by Crippen LogP contribution is 2.50. The van der Waals surface area contributed by atoms with Gasteiger partial charge in [0.25, 0.3) is 5.91 Å². The van der Waals surface area contributed by atoms with Gasteiger partial charge in [-0.05, 0) is 119 Å². The average Bonchev–Trinajstić information content (AvgIpc) is 3.25. The zero-order valence-corrected chi connectivity index (χ0v) is 32.1. The van der Waals surface area contributed by atoms with Crippen molar-refractivity contribution in [3.8, 4) is 17.6 Å². The number of aryl methyl sites for hydroxylation is 1. The largest absolute Gasteiger partial charge is 0.490 e. The number of carbonyl (C=O) groups is 2. The molecule has 0 aromatic heterocycles. The topological polar surface area (TPSA) is 119 Å².